The lowest BCUT2D eigenvalue weighted by Gasteiger charge is -2.19. The van der Waals surface area contributed by atoms with E-state index in [9.17, 15) is 14.4 Å². The van der Waals surface area contributed by atoms with Gasteiger partial charge in [-0.3, -0.25) is 14.4 Å². The number of carbonyl (C=O) groups is 3. The smallest absolute Gasteiger partial charge is 0.246 e. The van der Waals surface area contributed by atoms with Gasteiger partial charge in [-0.05, 0) is 36.3 Å². The third kappa shape index (κ3) is 8.90. The minimum Gasteiger partial charge on any atom is -0.372 e. The van der Waals surface area contributed by atoms with E-state index in [4.69, 9.17) is 4.74 Å². The average Bonchev–Trinajstić information content (AvgIpc) is 2.70. The van der Waals surface area contributed by atoms with Gasteiger partial charge in [-0.25, -0.2) is 0 Å². The molecule has 1 aliphatic rings. The van der Waals surface area contributed by atoms with Gasteiger partial charge in [-0.15, -0.1) is 0 Å². The van der Waals surface area contributed by atoms with Crippen molar-refractivity contribution < 1.29 is 19.1 Å². The molecule has 0 heterocycles. The second kappa shape index (κ2) is 12.5. The second-order valence-electron chi connectivity index (χ2n) is 8.44. The van der Waals surface area contributed by atoms with Crippen LogP contribution in [0.15, 0.2) is 24.3 Å². The molecule has 1 atom stereocenters. The summed E-state index contributed by atoms with van der Waals surface area (Å²) in [5.41, 5.74) is 1.88. The first kappa shape index (κ1) is 23.3. The number of carbonyl (C=O) groups excluding carboxylic acids is 3. The Balaban J connectivity index is 1.65. The fraction of sp³-hybridized carbons (Fsp3) is 0.625. The number of ether oxygens (including phenoxy) is 1. The summed E-state index contributed by atoms with van der Waals surface area (Å²) in [6, 6.07) is 7.63. The van der Waals surface area contributed by atoms with Crippen LogP contribution >= 0.6 is 0 Å². The fourth-order valence-corrected chi connectivity index (χ4v) is 3.60. The highest BCUT2D eigenvalue weighted by atomic mass is 16.5. The van der Waals surface area contributed by atoms with Crippen LogP contribution in [0.25, 0.3) is 0 Å². The lowest BCUT2D eigenvalue weighted by Crippen LogP contribution is -2.28. The van der Waals surface area contributed by atoms with E-state index in [1.54, 1.807) is 0 Å². The van der Waals surface area contributed by atoms with E-state index in [2.05, 4.69) is 19.2 Å². The Morgan fingerprint density at radius 3 is 2.52 bits per heavy atom. The Hall–Kier alpha value is -2.01. The van der Waals surface area contributed by atoms with Crippen molar-refractivity contribution in [2.45, 2.75) is 71.8 Å². The molecule has 1 aromatic carbocycles. The van der Waals surface area contributed by atoms with Gasteiger partial charge < -0.3 is 10.1 Å². The highest BCUT2D eigenvalue weighted by molar-refractivity contribution is 6.03. The molecular weight excluding hydrogens is 366 g/mol. The zero-order chi connectivity index (χ0) is 21.1. The molecule has 5 nitrogen and oxygen atoms in total. The molecule has 29 heavy (non-hydrogen) atoms. The monoisotopic (exact) mass is 401 g/mol. The van der Waals surface area contributed by atoms with Gasteiger partial charge in [-0.1, -0.05) is 57.4 Å². The highest BCUT2D eigenvalue weighted by Gasteiger charge is 2.28. The molecular formula is C24H35NO4. The number of Topliss-reactive ketones (excluding diaryl/α,β-unsaturated/α-hetero) is 2. The molecule has 0 bridgehead atoms. The van der Waals surface area contributed by atoms with Crippen molar-refractivity contribution in [2.24, 2.45) is 11.8 Å². The van der Waals surface area contributed by atoms with Crippen LogP contribution in [0.4, 0.5) is 0 Å². The van der Waals surface area contributed by atoms with Gasteiger partial charge in [0, 0.05) is 26.0 Å². The minimum atomic E-state index is -0.409. The number of unbranched alkanes of at least 4 members (excludes halogenated alkanes) is 1. The number of ketones is 2. The van der Waals surface area contributed by atoms with Crippen molar-refractivity contribution in [1.29, 1.82) is 0 Å². The Morgan fingerprint density at radius 2 is 1.83 bits per heavy atom. The standard InChI is InChI=1S/C24H35NO4/c1-18(2)7-5-6-14-29-17-24(28)25-16-20-12-10-19(11-13-20)15-23(27)21-8-3-4-9-22(21)26/h10-13,18,21H,3-9,14-17H2,1-2H3,(H,25,28). The molecule has 0 aromatic heterocycles. The molecule has 0 aliphatic heterocycles. The topological polar surface area (TPSA) is 72.5 Å². The summed E-state index contributed by atoms with van der Waals surface area (Å²) in [5, 5.41) is 2.85. The van der Waals surface area contributed by atoms with Crippen LogP contribution in [0.5, 0.6) is 0 Å². The Kier molecular flexibility index (Phi) is 10.1. The van der Waals surface area contributed by atoms with Crippen molar-refractivity contribution in [3.63, 3.8) is 0 Å². The van der Waals surface area contributed by atoms with Crippen LogP contribution in [0.2, 0.25) is 0 Å². The van der Waals surface area contributed by atoms with Gasteiger partial charge in [-0.2, -0.15) is 0 Å². The summed E-state index contributed by atoms with van der Waals surface area (Å²) < 4.78 is 5.42. The summed E-state index contributed by atoms with van der Waals surface area (Å²) >= 11 is 0. The predicted molar refractivity (Wildman–Crippen MR) is 113 cm³/mol. The molecule has 5 heteroatoms. The van der Waals surface area contributed by atoms with Gasteiger partial charge in [0.05, 0.1) is 5.92 Å². The molecule has 1 saturated carbocycles. The minimum absolute atomic E-state index is 0.0290. The van der Waals surface area contributed by atoms with E-state index in [-0.39, 0.29) is 24.1 Å². The normalized spacial score (nSPS) is 16.8. The maximum Gasteiger partial charge on any atom is 0.246 e. The first-order chi connectivity index (χ1) is 14.0. The fourth-order valence-electron chi connectivity index (χ4n) is 3.60. The molecule has 0 saturated heterocycles. The molecule has 1 N–H and O–H groups in total. The summed E-state index contributed by atoms with van der Waals surface area (Å²) in [6.07, 6.45) is 6.70. The zero-order valence-corrected chi connectivity index (χ0v) is 17.9. The third-order valence-corrected chi connectivity index (χ3v) is 5.39. The van der Waals surface area contributed by atoms with E-state index < -0.39 is 5.92 Å². The summed E-state index contributed by atoms with van der Waals surface area (Å²) in [5.74, 6) is 0.304. The lowest BCUT2D eigenvalue weighted by molar-refractivity contribution is -0.134. The predicted octanol–water partition coefficient (Wildman–Crippen LogP) is 4.02. The van der Waals surface area contributed by atoms with Gasteiger partial charge in [0.15, 0.2) is 0 Å². The van der Waals surface area contributed by atoms with Gasteiger partial charge >= 0.3 is 0 Å². The van der Waals surface area contributed by atoms with Crippen molar-refractivity contribution in [1.82, 2.24) is 5.32 Å². The Labute approximate surface area is 174 Å². The van der Waals surface area contributed by atoms with Crippen LogP contribution in [-0.2, 0) is 32.1 Å². The number of amides is 1. The highest BCUT2D eigenvalue weighted by Crippen LogP contribution is 2.22. The van der Waals surface area contributed by atoms with Crippen LogP contribution in [0, 0.1) is 11.8 Å². The molecule has 0 spiro atoms. The van der Waals surface area contributed by atoms with E-state index >= 15 is 0 Å². The quantitative estimate of drug-likeness (QED) is 0.424. The first-order valence-electron chi connectivity index (χ1n) is 10.9. The maximum atomic E-state index is 12.4. The SMILES string of the molecule is CC(C)CCCCOCC(=O)NCc1ccc(CC(=O)C2CCCCC2=O)cc1. The van der Waals surface area contributed by atoms with E-state index in [1.807, 2.05) is 24.3 Å². The molecule has 160 valence electrons. The van der Waals surface area contributed by atoms with Crippen LogP contribution < -0.4 is 5.32 Å². The molecule has 0 radical (unpaired) electrons. The van der Waals surface area contributed by atoms with Crippen LogP contribution in [0.1, 0.15) is 69.9 Å². The molecule has 1 amide bonds. The third-order valence-electron chi connectivity index (χ3n) is 5.39. The van der Waals surface area contributed by atoms with Crippen LogP contribution in [-0.4, -0.2) is 30.7 Å². The summed E-state index contributed by atoms with van der Waals surface area (Å²) in [6.45, 7) is 5.55. The number of nitrogens with one attached hydrogen (secondary N) is 1. The molecule has 1 aliphatic carbocycles. The Morgan fingerprint density at radius 1 is 1.10 bits per heavy atom. The Bertz CT molecular complexity index is 666. The van der Waals surface area contributed by atoms with Gasteiger partial charge in [0.25, 0.3) is 0 Å². The number of hydrogen-bond acceptors (Lipinski definition) is 4. The van der Waals surface area contributed by atoms with E-state index in [0.717, 1.165) is 36.8 Å². The van der Waals surface area contributed by atoms with Crippen molar-refractivity contribution >= 4 is 17.5 Å². The van der Waals surface area contributed by atoms with Crippen molar-refractivity contribution in [3.05, 3.63) is 35.4 Å². The molecule has 2 rings (SSSR count). The largest absolute Gasteiger partial charge is 0.372 e. The van der Waals surface area contributed by atoms with Crippen LogP contribution in [0.3, 0.4) is 0 Å². The van der Waals surface area contributed by atoms with Gasteiger partial charge in [0.2, 0.25) is 5.91 Å². The van der Waals surface area contributed by atoms with Crippen molar-refractivity contribution in [2.75, 3.05) is 13.2 Å². The van der Waals surface area contributed by atoms with Gasteiger partial charge in [0.1, 0.15) is 18.2 Å². The average molecular weight is 402 g/mol. The number of hydrogen-bond donors (Lipinski definition) is 1. The first-order valence-corrected chi connectivity index (χ1v) is 10.9. The molecule has 1 fully saturated rings. The van der Waals surface area contributed by atoms with Crippen molar-refractivity contribution in [3.8, 4) is 0 Å². The van der Waals surface area contributed by atoms with E-state index in [1.165, 1.54) is 6.42 Å². The number of rotatable bonds is 12. The summed E-state index contributed by atoms with van der Waals surface area (Å²) in [7, 11) is 0. The second-order valence-corrected chi connectivity index (χ2v) is 8.44. The number of benzene rings is 1. The lowest BCUT2D eigenvalue weighted by atomic mass is 9.83. The molecule has 1 aromatic rings. The maximum absolute atomic E-state index is 12.4. The summed E-state index contributed by atoms with van der Waals surface area (Å²) in [4.78, 5) is 36.2. The zero-order valence-electron chi connectivity index (χ0n) is 17.9. The molecule has 1 unspecified atom stereocenters. The van der Waals surface area contributed by atoms with E-state index in [0.29, 0.717) is 38.3 Å².